The van der Waals surface area contributed by atoms with Crippen LogP contribution in [0.5, 0.6) is 0 Å². The number of fused-ring (bicyclic) bond motifs is 4. The summed E-state index contributed by atoms with van der Waals surface area (Å²) in [7, 11) is 0.643. The average Bonchev–Trinajstić information content (AvgIpc) is 1.63. The number of thiazole rings is 4. The van der Waals surface area contributed by atoms with Crippen molar-refractivity contribution in [2.24, 2.45) is 0 Å². The van der Waals surface area contributed by atoms with Gasteiger partial charge < -0.3 is 57.3 Å². The van der Waals surface area contributed by atoms with Gasteiger partial charge in [0.2, 0.25) is 11.6 Å². The summed E-state index contributed by atoms with van der Waals surface area (Å²) in [6, 6.07) is 34.4. The molecule has 585 valence electrons. The first-order chi connectivity index (χ1) is 52.2. The van der Waals surface area contributed by atoms with Gasteiger partial charge in [-0.2, -0.15) is 0 Å². The zero-order valence-electron chi connectivity index (χ0n) is 64.3. The van der Waals surface area contributed by atoms with Crippen molar-refractivity contribution in [1.82, 2.24) is 38.6 Å². The Morgan fingerprint density at radius 1 is 0.518 bits per heavy atom. The van der Waals surface area contributed by atoms with Gasteiger partial charge in [-0.1, -0.05) is 132 Å². The average molecular weight is 1670 g/mol. The fourth-order valence-electron chi connectivity index (χ4n) is 10.7. The summed E-state index contributed by atoms with van der Waals surface area (Å²) in [5.74, 6) is -2.96. The predicted octanol–water partition coefficient (Wildman–Crippen LogP) is 16.9. The van der Waals surface area contributed by atoms with Crippen molar-refractivity contribution < 1.29 is 94.7 Å². The van der Waals surface area contributed by atoms with Crippen LogP contribution in [0.25, 0.3) is 43.6 Å². The van der Waals surface area contributed by atoms with Crippen molar-refractivity contribution >= 4 is 155 Å². The summed E-state index contributed by atoms with van der Waals surface area (Å²) in [4.78, 5) is 104. The van der Waals surface area contributed by atoms with Crippen molar-refractivity contribution in [2.75, 3.05) is 41.2 Å². The quantitative estimate of drug-likeness (QED) is 0.0113. The van der Waals surface area contributed by atoms with E-state index in [2.05, 4.69) is 88.6 Å². The molecule has 0 saturated heterocycles. The standard InChI is InChI=1S/C21H28N2O4SSi.C21H26N2O4SSi.C15H21NO2Si.C14H10N2O3S.C6H7NO2S.Mn.2O/c2*1-14-18(21(25)26-2)22-20(28-14)19(24)16-12-23(13-27-10-11-29(3,4)5)17-9-7-6-8-15(16)17;1-19(2,3)9-8-18-12-16-10-13(11-17)14-6-4-5-7-15(14)16;1-7-11(14(18)19)16-13(20-7)12(17)9-6-15-10-5-3-2-4-8(9)10;1-4-5(6(8)9-2)7-3-10-4;;;/h6-9,12,19,24H,10-11,13H2,1-5H3;6-9,12H,10-11,13H2,1-5H3;4-7,10-11H,8-9,12H2,1-3H3;2-6,15H,1H3,(H,18,19);3H,1-2H3;;;. The molecule has 1 unspecified atom stereocenters. The molecule has 8 heterocycles. The SMILES string of the molecule is COC(=O)c1nc(C(=O)c2cn(COCC[Si](C)(C)C)c3ccccc23)sc1C.COC(=O)c1nc(C(O)c2cn(COCC[Si](C)(C)C)c3ccccc23)sc1C.COC(=O)c1ncsc1C.C[Si](C)(C)CCOCn1cc(C=O)c2ccccc21.Cc1sc(C(=O)c2c[nH]c3ccccc23)nc1C(=O)O.[O]=[Mn]=[O]. The number of methoxy groups -OCH3 is 3. The number of benzene rings is 4. The summed E-state index contributed by atoms with van der Waals surface area (Å²) in [6.45, 7) is 31.6. The van der Waals surface area contributed by atoms with Gasteiger partial charge in [0.25, 0.3) is 0 Å². The minimum atomic E-state index is -1.44. The van der Waals surface area contributed by atoms with Crippen LogP contribution in [0.2, 0.25) is 77.1 Å². The number of rotatable bonds is 26. The zero-order chi connectivity index (χ0) is 80.8. The topological polar surface area (TPSA) is 332 Å². The number of aldehydes is 1. The molecule has 0 bridgehead atoms. The van der Waals surface area contributed by atoms with Gasteiger partial charge in [0, 0.05) is 127 Å². The third kappa shape index (κ3) is 24.3. The van der Waals surface area contributed by atoms with Crippen molar-refractivity contribution in [3.05, 3.63) is 207 Å². The Bertz CT molecular complexity index is 5220. The Morgan fingerprint density at radius 2 is 0.927 bits per heavy atom. The van der Waals surface area contributed by atoms with Crippen LogP contribution in [0.3, 0.4) is 0 Å². The fourth-order valence-corrected chi connectivity index (χ4v) is 16.2. The maximum atomic E-state index is 13.2. The second-order valence-corrected chi connectivity index (χ2v) is 50.3. The first-order valence-corrected chi connectivity index (χ1v) is 50.0. The predicted molar refractivity (Wildman–Crippen MR) is 432 cm³/mol. The number of para-hydroxylation sites is 4. The molecule has 8 aromatic heterocycles. The fraction of sp³-hybridized carbons (Fsp3) is 0.338. The van der Waals surface area contributed by atoms with Gasteiger partial charge in [-0.25, -0.2) is 39.1 Å². The summed E-state index contributed by atoms with van der Waals surface area (Å²) < 4.78 is 54.3. The Balaban J connectivity index is 0.000000196. The molecule has 0 radical (unpaired) electrons. The zero-order valence-corrected chi connectivity index (χ0v) is 71.7. The van der Waals surface area contributed by atoms with E-state index in [4.69, 9.17) is 36.5 Å². The van der Waals surface area contributed by atoms with Gasteiger partial charge >= 0.3 is 46.4 Å². The number of esters is 3. The number of nitrogens with one attached hydrogen (secondary N) is 1. The van der Waals surface area contributed by atoms with Crippen molar-refractivity contribution in [2.45, 2.75) is 131 Å². The van der Waals surface area contributed by atoms with Crippen LogP contribution in [0.15, 0.2) is 127 Å². The number of H-pyrrole nitrogens is 1. The third-order valence-electron chi connectivity index (χ3n) is 16.7. The molecule has 110 heavy (non-hydrogen) atoms. The Labute approximate surface area is 662 Å². The molecule has 25 nitrogen and oxygen atoms in total. The number of aromatic nitrogens is 8. The van der Waals surface area contributed by atoms with E-state index in [-0.39, 0.29) is 44.6 Å². The molecular formula is C77H92MnN8O17S4Si3. The molecule has 4 aromatic carbocycles. The number of hydrogen-bond acceptors (Lipinski definition) is 24. The molecule has 12 aromatic rings. The molecule has 0 saturated carbocycles. The molecule has 12 rings (SSSR count). The second-order valence-electron chi connectivity index (χ2n) is 28.5. The molecule has 3 N–H and O–H groups in total. The van der Waals surface area contributed by atoms with Crippen LogP contribution >= 0.6 is 45.3 Å². The summed E-state index contributed by atoms with van der Waals surface area (Å²) >= 11 is 3.61. The monoisotopic (exact) mass is 1670 g/mol. The van der Waals surface area contributed by atoms with Crippen LogP contribution in [-0.4, -0.2) is 156 Å². The number of hydrogen-bond donors (Lipinski definition) is 3. The van der Waals surface area contributed by atoms with Gasteiger partial charge in [0.05, 0.1) is 54.5 Å². The van der Waals surface area contributed by atoms with Crippen LogP contribution in [0.1, 0.15) is 119 Å². The van der Waals surface area contributed by atoms with Crippen LogP contribution < -0.4 is 0 Å². The van der Waals surface area contributed by atoms with E-state index in [1.807, 2.05) is 136 Å². The molecule has 0 fully saturated rings. The number of ketones is 2. The molecule has 0 aliphatic rings. The number of aryl methyl sites for hydroxylation is 4. The molecule has 1 atom stereocenters. The van der Waals surface area contributed by atoms with Crippen molar-refractivity contribution in [1.29, 1.82) is 0 Å². The number of aliphatic hydroxyl groups is 1. The molecule has 0 spiro atoms. The number of carboxylic acids is 1. The number of ether oxygens (including phenoxy) is 6. The maximum absolute atomic E-state index is 13.2. The summed E-state index contributed by atoms with van der Waals surface area (Å²) in [5, 5.41) is 24.6. The summed E-state index contributed by atoms with van der Waals surface area (Å²) in [5.41, 5.74) is 8.83. The van der Waals surface area contributed by atoms with Gasteiger partial charge in [-0.15, -0.1) is 45.3 Å². The van der Waals surface area contributed by atoms with E-state index < -0.39 is 63.1 Å². The normalized spacial score (nSPS) is 11.5. The van der Waals surface area contributed by atoms with Gasteiger partial charge in [-0.05, 0) is 70.1 Å². The van der Waals surface area contributed by atoms with Crippen LogP contribution in [0, 0.1) is 27.7 Å². The minimum absolute atomic E-state index is 0.0572. The first-order valence-electron chi connectivity index (χ1n) is 34.6. The van der Waals surface area contributed by atoms with Crippen molar-refractivity contribution in [3.8, 4) is 0 Å². The van der Waals surface area contributed by atoms with Gasteiger partial charge in [0.1, 0.15) is 31.3 Å². The second kappa shape index (κ2) is 40.8. The molecule has 0 amide bonds. The van der Waals surface area contributed by atoms with Crippen LogP contribution in [0.4, 0.5) is 0 Å². The summed E-state index contributed by atoms with van der Waals surface area (Å²) in [6.07, 6.45) is 7.20. The van der Waals surface area contributed by atoms with E-state index in [1.165, 1.54) is 55.3 Å². The van der Waals surface area contributed by atoms with E-state index in [9.17, 15) is 38.7 Å². The number of aromatic amines is 1. The molecule has 0 aliphatic heterocycles. The Kier molecular flexibility index (Phi) is 32.8. The first kappa shape index (κ1) is 88.3. The molecule has 0 aliphatic carbocycles. The Morgan fingerprint density at radius 3 is 1.41 bits per heavy atom. The van der Waals surface area contributed by atoms with Gasteiger partial charge in [-0.3, -0.25) is 14.4 Å². The number of aliphatic hydroxyl groups excluding tert-OH is 1. The Hall–Kier alpha value is -8.94. The van der Waals surface area contributed by atoms with E-state index in [1.54, 1.807) is 32.5 Å². The third-order valence-corrected chi connectivity index (χ3v) is 25.6. The van der Waals surface area contributed by atoms with E-state index in [0.717, 1.165) is 113 Å². The van der Waals surface area contributed by atoms with Crippen LogP contribution in [-0.2, 0) is 71.1 Å². The number of nitrogens with zero attached hydrogens (tertiary/aromatic N) is 7. The van der Waals surface area contributed by atoms with E-state index >= 15 is 0 Å². The number of carbonyl (C=O) groups excluding carboxylic acids is 6. The molecular weight excluding hydrogens is 1580 g/mol. The molecule has 33 heteroatoms. The number of aromatic carboxylic acids is 1. The van der Waals surface area contributed by atoms with Gasteiger partial charge in [0.15, 0.2) is 39.1 Å². The number of carbonyl (C=O) groups is 7. The van der Waals surface area contributed by atoms with E-state index in [0.29, 0.717) is 58.4 Å². The number of carboxylic acid groups (broad SMARTS) is 1. The van der Waals surface area contributed by atoms with Crippen molar-refractivity contribution in [3.63, 3.8) is 0 Å².